The summed E-state index contributed by atoms with van der Waals surface area (Å²) >= 11 is 0. The molecule has 6 nitrogen and oxygen atoms in total. The molecule has 0 radical (unpaired) electrons. The van der Waals surface area contributed by atoms with Crippen molar-refractivity contribution >= 4 is 21.6 Å². The fourth-order valence-electron chi connectivity index (χ4n) is 3.01. The normalized spacial score (nSPS) is 12.5. The maximum Gasteiger partial charge on any atom is 0.242 e. The average Bonchev–Trinajstić information content (AvgIpc) is 2.67. The molecule has 1 atom stereocenters. The minimum absolute atomic E-state index is 0.0913. The van der Waals surface area contributed by atoms with E-state index in [9.17, 15) is 13.2 Å². The molecule has 28 heavy (non-hydrogen) atoms. The molecule has 2 aromatic rings. The Morgan fingerprint density at radius 1 is 1.11 bits per heavy atom. The van der Waals surface area contributed by atoms with Gasteiger partial charge in [-0.05, 0) is 61.6 Å². The molecule has 0 bridgehead atoms. The van der Waals surface area contributed by atoms with E-state index in [1.807, 2.05) is 32.0 Å². The molecular formula is C21H28N2O4S. The Balaban J connectivity index is 2.19. The predicted octanol–water partition coefficient (Wildman–Crippen LogP) is 3.43. The second-order valence-corrected chi connectivity index (χ2v) is 8.34. The molecule has 0 saturated carbocycles. The van der Waals surface area contributed by atoms with Crippen LogP contribution < -0.4 is 14.8 Å². The molecule has 0 fully saturated rings. The van der Waals surface area contributed by atoms with E-state index in [2.05, 4.69) is 10.0 Å². The van der Waals surface area contributed by atoms with E-state index in [4.69, 9.17) is 4.74 Å². The summed E-state index contributed by atoms with van der Waals surface area (Å²) in [6.45, 7) is 7.33. The monoisotopic (exact) mass is 404 g/mol. The lowest BCUT2D eigenvalue weighted by atomic mass is 10.0. The van der Waals surface area contributed by atoms with Crippen molar-refractivity contribution in [1.29, 1.82) is 0 Å². The number of hydrogen-bond acceptors (Lipinski definition) is 4. The second-order valence-electron chi connectivity index (χ2n) is 6.62. The summed E-state index contributed by atoms with van der Waals surface area (Å²) < 4.78 is 32.9. The number of nitrogens with one attached hydrogen (secondary N) is 2. The molecule has 1 amide bonds. The number of anilines is 1. The number of carbonyl (C=O) groups excluding carboxylic acids is 1. The van der Waals surface area contributed by atoms with E-state index < -0.39 is 22.0 Å². The Morgan fingerprint density at radius 2 is 1.71 bits per heavy atom. The first kappa shape index (κ1) is 21.9. The second kappa shape index (κ2) is 9.21. The van der Waals surface area contributed by atoms with Crippen LogP contribution in [0.15, 0.2) is 41.3 Å². The van der Waals surface area contributed by atoms with Gasteiger partial charge < -0.3 is 10.1 Å². The molecular weight excluding hydrogens is 376 g/mol. The van der Waals surface area contributed by atoms with Crippen LogP contribution in [0.2, 0.25) is 0 Å². The number of carbonyl (C=O) groups is 1. The summed E-state index contributed by atoms with van der Waals surface area (Å²) in [5.41, 5.74) is 3.51. The van der Waals surface area contributed by atoms with Gasteiger partial charge in [-0.2, -0.15) is 4.72 Å². The lowest BCUT2D eigenvalue weighted by Gasteiger charge is -2.18. The number of aryl methyl sites for hydroxylation is 3. The Bertz CT molecular complexity index is 933. The summed E-state index contributed by atoms with van der Waals surface area (Å²) in [5.74, 6) is 0.206. The van der Waals surface area contributed by atoms with Crippen LogP contribution in [0.25, 0.3) is 0 Å². The van der Waals surface area contributed by atoms with Crippen LogP contribution in [0.5, 0.6) is 5.75 Å². The third kappa shape index (κ3) is 4.91. The van der Waals surface area contributed by atoms with E-state index in [0.29, 0.717) is 11.3 Å². The molecule has 2 N–H and O–H groups in total. The van der Waals surface area contributed by atoms with Gasteiger partial charge in [-0.15, -0.1) is 0 Å². The first-order valence-corrected chi connectivity index (χ1v) is 10.8. The van der Waals surface area contributed by atoms with Crippen molar-refractivity contribution in [2.24, 2.45) is 0 Å². The van der Waals surface area contributed by atoms with E-state index in [0.717, 1.165) is 29.7 Å². The van der Waals surface area contributed by atoms with Crippen LogP contribution in [0.1, 0.15) is 37.5 Å². The van der Waals surface area contributed by atoms with Crippen molar-refractivity contribution in [2.75, 3.05) is 12.4 Å². The third-order valence-corrected chi connectivity index (χ3v) is 6.19. The zero-order valence-electron chi connectivity index (χ0n) is 17.0. The number of methoxy groups -OCH3 is 1. The molecule has 0 aliphatic heterocycles. The summed E-state index contributed by atoms with van der Waals surface area (Å²) in [4.78, 5) is 12.8. The molecule has 0 spiro atoms. The minimum Gasteiger partial charge on any atom is -0.496 e. The van der Waals surface area contributed by atoms with E-state index >= 15 is 0 Å². The van der Waals surface area contributed by atoms with Crippen molar-refractivity contribution in [2.45, 2.75) is 51.5 Å². The quantitative estimate of drug-likeness (QED) is 0.706. The molecule has 0 unspecified atom stereocenters. The van der Waals surface area contributed by atoms with Gasteiger partial charge in [0, 0.05) is 5.69 Å². The van der Waals surface area contributed by atoms with Crippen molar-refractivity contribution < 1.29 is 17.9 Å². The van der Waals surface area contributed by atoms with Crippen LogP contribution in [0.3, 0.4) is 0 Å². The number of amides is 1. The molecule has 2 rings (SSSR count). The zero-order valence-corrected chi connectivity index (χ0v) is 17.8. The standard InChI is InChI=1S/C21H28N2O4S/c1-6-16-9-8-10-17(7-2)20(16)22-21(24)15(4)23-28(25,26)18-11-12-19(27-5)14(3)13-18/h8-13,15,23H,6-7H2,1-5H3,(H,22,24)/t15-/m1/s1. The van der Waals surface area contributed by atoms with E-state index in [1.54, 1.807) is 13.0 Å². The summed E-state index contributed by atoms with van der Waals surface area (Å²) in [6.07, 6.45) is 1.55. The average molecular weight is 405 g/mol. The molecule has 2 aromatic carbocycles. The number of hydrogen-bond donors (Lipinski definition) is 2. The summed E-state index contributed by atoms with van der Waals surface area (Å²) in [6, 6.07) is 9.54. The highest BCUT2D eigenvalue weighted by molar-refractivity contribution is 7.89. The Labute approximate surface area is 167 Å². The molecule has 0 aliphatic rings. The van der Waals surface area contributed by atoms with Gasteiger partial charge in [0.2, 0.25) is 15.9 Å². The van der Waals surface area contributed by atoms with Gasteiger partial charge in [-0.25, -0.2) is 8.42 Å². The van der Waals surface area contributed by atoms with Crippen molar-refractivity contribution in [3.63, 3.8) is 0 Å². The zero-order chi connectivity index (χ0) is 20.9. The van der Waals surface area contributed by atoms with Crippen molar-refractivity contribution in [3.05, 3.63) is 53.1 Å². The first-order valence-electron chi connectivity index (χ1n) is 9.32. The number of ether oxygens (including phenoxy) is 1. The number of sulfonamides is 1. The first-order chi connectivity index (χ1) is 13.2. The van der Waals surface area contributed by atoms with Gasteiger partial charge in [-0.3, -0.25) is 4.79 Å². The summed E-state index contributed by atoms with van der Waals surface area (Å²) in [7, 11) is -2.31. The topological polar surface area (TPSA) is 84.5 Å². The SMILES string of the molecule is CCc1cccc(CC)c1NC(=O)[C@@H](C)NS(=O)(=O)c1ccc(OC)c(C)c1. The van der Waals surface area contributed by atoms with Crippen LogP contribution in [0, 0.1) is 6.92 Å². The molecule has 0 saturated heterocycles. The lowest BCUT2D eigenvalue weighted by Crippen LogP contribution is -2.41. The van der Waals surface area contributed by atoms with Crippen LogP contribution in [-0.2, 0) is 27.7 Å². The number of benzene rings is 2. The summed E-state index contributed by atoms with van der Waals surface area (Å²) in [5, 5.41) is 2.90. The highest BCUT2D eigenvalue weighted by Gasteiger charge is 2.23. The largest absolute Gasteiger partial charge is 0.496 e. The third-order valence-electron chi connectivity index (χ3n) is 4.65. The minimum atomic E-state index is -3.84. The molecule has 152 valence electrons. The van der Waals surface area contributed by atoms with Gasteiger partial charge in [-0.1, -0.05) is 32.0 Å². The number of rotatable bonds is 8. The van der Waals surface area contributed by atoms with Crippen LogP contribution >= 0.6 is 0 Å². The van der Waals surface area contributed by atoms with Gasteiger partial charge in [0.1, 0.15) is 5.75 Å². The highest BCUT2D eigenvalue weighted by Crippen LogP contribution is 2.24. The van der Waals surface area contributed by atoms with Crippen LogP contribution in [0.4, 0.5) is 5.69 Å². The Hall–Kier alpha value is -2.38. The van der Waals surface area contributed by atoms with Crippen LogP contribution in [-0.4, -0.2) is 27.5 Å². The van der Waals surface area contributed by atoms with Gasteiger partial charge >= 0.3 is 0 Å². The Morgan fingerprint density at radius 3 is 2.21 bits per heavy atom. The van der Waals surface area contributed by atoms with Gasteiger partial charge in [0.25, 0.3) is 0 Å². The van der Waals surface area contributed by atoms with E-state index in [-0.39, 0.29) is 4.90 Å². The maximum absolute atomic E-state index is 12.7. The molecule has 0 aromatic heterocycles. The fraction of sp³-hybridized carbons (Fsp3) is 0.381. The van der Waals surface area contributed by atoms with Crippen molar-refractivity contribution in [3.8, 4) is 5.75 Å². The maximum atomic E-state index is 12.7. The predicted molar refractivity (Wildman–Crippen MR) is 111 cm³/mol. The van der Waals surface area contributed by atoms with Gasteiger partial charge in [0.15, 0.2) is 0 Å². The highest BCUT2D eigenvalue weighted by atomic mass is 32.2. The molecule has 7 heteroatoms. The Kier molecular flexibility index (Phi) is 7.21. The van der Waals surface area contributed by atoms with E-state index in [1.165, 1.54) is 26.2 Å². The fourth-order valence-corrected chi connectivity index (χ4v) is 4.29. The molecule has 0 aliphatic carbocycles. The lowest BCUT2D eigenvalue weighted by molar-refractivity contribution is -0.117. The smallest absolute Gasteiger partial charge is 0.242 e. The van der Waals surface area contributed by atoms with Crippen molar-refractivity contribution in [1.82, 2.24) is 4.72 Å². The molecule has 0 heterocycles. The number of para-hydroxylation sites is 1. The van der Waals surface area contributed by atoms with Gasteiger partial charge in [0.05, 0.1) is 18.0 Å².